The van der Waals surface area contributed by atoms with Gasteiger partial charge in [-0.15, -0.1) is 13.9 Å². The molecule has 152 valence electrons. The fraction of sp³-hybridized carbons (Fsp3) is 0.118. The molecular formula is C17H11ClF4N4O3. The number of alkyl halides is 5. The van der Waals surface area contributed by atoms with E-state index in [1.807, 2.05) is 0 Å². The van der Waals surface area contributed by atoms with Gasteiger partial charge in [0.2, 0.25) is 0 Å². The Hall–Kier alpha value is -3.34. The molecule has 0 spiro atoms. The van der Waals surface area contributed by atoms with Crippen molar-refractivity contribution in [3.8, 4) is 11.6 Å². The van der Waals surface area contributed by atoms with E-state index >= 15 is 0 Å². The lowest BCUT2D eigenvalue weighted by Gasteiger charge is -2.11. The van der Waals surface area contributed by atoms with Gasteiger partial charge in [0.25, 0.3) is 11.5 Å². The summed E-state index contributed by atoms with van der Waals surface area (Å²) in [6, 6.07) is 8.46. The summed E-state index contributed by atoms with van der Waals surface area (Å²) >= 11 is 4.67. The fourth-order valence-corrected chi connectivity index (χ4v) is 2.40. The lowest BCUT2D eigenvalue weighted by molar-refractivity contribution is -0.0964. The largest absolute Gasteiger partial charge is 0.487 e. The van der Waals surface area contributed by atoms with Crippen LogP contribution in [0.2, 0.25) is 0 Å². The standard InChI is InChI=1S/C17H11ClF4N4O3/c18-17(21,22)29-12-4-2-11(3-5-12)23-15(28)10-1-6-14(27)25(9-10)13-7-8-26(24-13)16(19)20/h1-9,16H,(H,23,28). The van der Waals surface area contributed by atoms with Crippen molar-refractivity contribution in [2.45, 2.75) is 12.1 Å². The van der Waals surface area contributed by atoms with Gasteiger partial charge >= 0.3 is 12.1 Å². The van der Waals surface area contributed by atoms with Crippen LogP contribution in [0.1, 0.15) is 16.9 Å². The minimum Gasteiger partial charge on any atom is -0.420 e. The smallest absolute Gasteiger partial charge is 0.420 e. The third kappa shape index (κ3) is 5.13. The van der Waals surface area contributed by atoms with E-state index in [2.05, 4.69) is 26.8 Å². The van der Waals surface area contributed by atoms with E-state index in [4.69, 9.17) is 0 Å². The molecule has 0 fully saturated rings. The SMILES string of the molecule is O=C(Nc1ccc(OC(F)(F)Cl)cc1)c1ccc(=O)n(-c2ccn(C(F)F)n2)c1. The molecule has 0 unspecified atom stereocenters. The van der Waals surface area contributed by atoms with Crippen molar-refractivity contribution in [3.05, 3.63) is 70.8 Å². The number of halogens is 5. The molecule has 1 N–H and O–H groups in total. The van der Waals surface area contributed by atoms with Crippen molar-refractivity contribution in [2.24, 2.45) is 0 Å². The molecule has 1 amide bonds. The van der Waals surface area contributed by atoms with Crippen LogP contribution in [-0.2, 0) is 0 Å². The second-order valence-electron chi connectivity index (χ2n) is 5.58. The molecular weight excluding hydrogens is 420 g/mol. The first-order chi connectivity index (χ1) is 13.6. The Morgan fingerprint density at radius 1 is 1.14 bits per heavy atom. The van der Waals surface area contributed by atoms with Gasteiger partial charge in [-0.05, 0) is 30.3 Å². The maximum absolute atomic E-state index is 12.7. The van der Waals surface area contributed by atoms with Crippen LogP contribution in [0.3, 0.4) is 0 Å². The zero-order chi connectivity index (χ0) is 21.2. The number of nitrogens with one attached hydrogen (secondary N) is 1. The Kier molecular flexibility index (Phi) is 5.59. The Balaban J connectivity index is 1.78. The number of hydrogen-bond donors (Lipinski definition) is 1. The van der Waals surface area contributed by atoms with E-state index in [1.165, 1.54) is 36.4 Å². The van der Waals surface area contributed by atoms with Crippen molar-refractivity contribution >= 4 is 23.2 Å². The second kappa shape index (κ2) is 7.95. The molecule has 3 rings (SSSR count). The van der Waals surface area contributed by atoms with E-state index in [0.717, 1.165) is 23.0 Å². The predicted octanol–water partition coefficient (Wildman–Crippen LogP) is 3.85. The first-order valence-corrected chi connectivity index (χ1v) is 8.24. The van der Waals surface area contributed by atoms with Crippen LogP contribution < -0.4 is 15.6 Å². The number of aromatic nitrogens is 3. The minimum absolute atomic E-state index is 0.0313. The lowest BCUT2D eigenvalue weighted by Crippen LogP contribution is -2.21. The topological polar surface area (TPSA) is 78.1 Å². The molecule has 0 atom stereocenters. The number of ether oxygens (including phenoxy) is 1. The third-order valence-electron chi connectivity index (χ3n) is 3.56. The number of benzene rings is 1. The summed E-state index contributed by atoms with van der Waals surface area (Å²) in [6.07, 6.45) is 2.13. The zero-order valence-corrected chi connectivity index (χ0v) is 15.0. The summed E-state index contributed by atoms with van der Waals surface area (Å²) < 4.78 is 56.0. The van der Waals surface area contributed by atoms with E-state index in [1.54, 1.807) is 0 Å². The van der Waals surface area contributed by atoms with Gasteiger partial charge < -0.3 is 10.1 Å². The van der Waals surface area contributed by atoms with Crippen LogP contribution in [0.5, 0.6) is 5.75 Å². The number of hydrogen-bond acceptors (Lipinski definition) is 4. The van der Waals surface area contributed by atoms with E-state index in [9.17, 15) is 27.2 Å². The van der Waals surface area contributed by atoms with E-state index in [-0.39, 0.29) is 22.8 Å². The van der Waals surface area contributed by atoms with Crippen LogP contribution in [0.15, 0.2) is 59.7 Å². The van der Waals surface area contributed by atoms with Gasteiger partial charge in [0.05, 0.1) is 5.56 Å². The Labute approximate surface area is 165 Å². The molecule has 2 heterocycles. The van der Waals surface area contributed by atoms with Crippen LogP contribution in [0.25, 0.3) is 5.82 Å². The highest BCUT2D eigenvalue weighted by molar-refractivity contribution is 6.20. The van der Waals surface area contributed by atoms with Crippen LogP contribution in [-0.4, -0.2) is 25.8 Å². The summed E-state index contributed by atoms with van der Waals surface area (Å²) in [6.45, 7) is -2.88. The average molecular weight is 431 g/mol. The molecule has 1 aromatic carbocycles. The Morgan fingerprint density at radius 3 is 2.41 bits per heavy atom. The summed E-state index contributed by atoms with van der Waals surface area (Å²) in [7, 11) is 0. The van der Waals surface area contributed by atoms with Crippen molar-refractivity contribution in [1.29, 1.82) is 0 Å². The zero-order valence-electron chi connectivity index (χ0n) is 14.2. The number of rotatable bonds is 6. The molecule has 0 radical (unpaired) electrons. The van der Waals surface area contributed by atoms with Crippen LogP contribution in [0.4, 0.5) is 23.2 Å². The Morgan fingerprint density at radius 2 is 1.83 bits per heavy atom. The second-order valence-corrected chi connectivity index (χ2v) is 6.02. The number of carbonyl (C=O) groups is 1. The molecule has 0 saturated carbocycles. The third-order valence-corrected chi connectivity index (χ3v) is 3.64. The number of pyridine rings is 1. The monoisotopic (exact) mass is 430 g/mol. The number of anilines is 1. The molecule has 0 bridgehead atoms. The highest BCUT2D eigenvalue weighted by Gasteiger charge is 2.27. The molecule has 0 aliphatic carbocycles. The predicted molar refractivity (Wildman–Crippen MR) is 94.9 cm³/mol. The Bertz CT molecular complexity index is 1080. The van der Waals surface area contributed by atoms with Gasteiger partial charge in [-0.2, -0.15) is 8.78 Å². The molecule has 3 aromatic rings. The molecule has 7 nitrogen and oxygen atoms in total. The molecule has 2 aromatic heterocycles. The molecule has 0 saturated heterocycles. The van der Waals surface area contributed by atoms with Crippen molar-refractivity contribution in [3.63, 3.8) is 0 Å². The summed E-state index contributed by atoms with van der Waals surface area (Å²) in [5, 5.41) is 6.07. The molecule has 29 heavy (non-hydrogen) atoms. The number of carbonyl (C=O) groups excluding carboxylic acids is 1. The molecule has 0 aliphatic rings. The number of nitrogens with zero attached hydrogens (tertiary/aromatic N) is 3. The van der Waals surface area contributed by atoms with Gasteiger partial charge in [-0.3, -0.25) is 14.2 Å². The first-order valence-electron chi connectivity index (χ1n) is 7.86. The van der Waals surface area contributed by atoms with Crippen LogP contribution >= 0.6 is 11.6 Å². The summed E-state index contributed by atoms with van der Waals surface area (Å²) in [5.74, 6) is -0.942. The highest BCUT2D eigenvalue weighted by Crippen LogP contribution is 2.26. The first kappa shape index (κ1) is 20.4. The quantitative estimate of drug-likeness (QED) is 0.476. The summed E-state index contributed by atoms with van der Waals surface area (Å²) in [4.78, 5) is 24.4. The van der Waals surface area contributed by atoms with Gasteiger partial charge in [-0.1, -0.05) is 0 Å². The van der Waals surface area contributed by atoms with Gasteiger partial charge in [0, 0.05) is 41.8 Å². The van der Waals surface area contributed by atoms with E-state index < -0.39 is 23.6 Å². The molecule has 0 aliphatic heterocycles. The average Bonchev–Trinajstić information content (AvgIpc) is 3.12. The van der Waals surface area contributed by atoms with Gasteiger partial charge in [-0.25, -0.2) is 4.68 Å². The summed E-state index contributed by atoms with van der Waals surface area (Å²) in [5.41, 5.74) is -4.16. The molecule has 12 heteroatoms. The van der Waals surface area contributed by atoms with Gasteiger partial charge in [0.1, 0.15) is 5.75 Å². The minimum atomic E-state index is -3.87. The highest BCUT2D eigenvalue weighted by atomic mass is 35.5. The number of amides is 1. The van der Waals surface area contributed by atoms with E-state index in [0.29, 0.717) is 4.68 Å². The van der Waals surface area contributed by atoms with Crippen molar-refractivity contribution in [2.75, 3.05) is 5.32 Å². The van der Waals surface area contributed by atoms with Crippen molar-refractivity contribution in [1.82, 2.24) is 14.3 Å². The fourth-order valence-electron chi connectivity index (χ4n) is 2.31. The van der Waals surface area contributed by atoms with Gasteiger partial charge in [0.15, 0.2) is 5.82 Å². The maximum Gasteiger partial charge on any atom is 0.487 e. The van der Waals surface area contributed by atoms with Crippen LogP contribution in [0, 0.1) is 0 Å². The van der Waals surface area contributed by atoms with Crippen molar-refractivity contribution < 1.29 is 27.1 Å². The maximum atomic E-state index is 12.7. The lowest BCUT2D eigenvalue weighted by atomic mass is 10.2. The normalized spacial score (nSPS) is 11.5.